The van der Waals surface area contributed by atoms with Crippen molar-refractivity contribution in [3.8, 4) is 11.5 Å². The third-order valence-electron chi connectivity index (χ3n) is 3.10. The molecular weight excluding hydrogens is 222 g/mol. The summed E-state index contributed by atoms with van der Waals surface area (Å²) in [7, 11) is 11.2. The fourth-order valence-corrected chi connectivity index (χ4v) is 2.04. The first-order chi connectivity index (χ1) is 7.85. The number of aliphatic hydroxyl groups is 2. The van der Waals surface area contributed by atoms with Crippen LogP contribution in [0.2, 0.25) is 0 Å². The van der Waals surface area contributed by atoms with Gasteiger partial charge in [0, 0.05) is 5.56 Å². The summed E-state index contributed by atoms with van der Waals surface area (Å²) < 4.78 is 10.2. The van der Waals surface area contributed by atoms with Gasteiger partial charge in [-0.25, -0.2) is 0 Å². The zero-order valence-electron chi connectivity index (χ0n) is 8.64. The third-order valence-corrected chi connectivity index (χ3v) is 3.10. The van der Waals surface area contributed by atoms with Gasteiger partial charge in [-0.05, 0) is 22.9 Å². The molecule has 0 saturated heterocycles. The lowest BCUT2D eigenvalue weighted by Crippen LogP contribution is -2.53. The highest BCUT2D eigenvalue weighted by Crippen LogP contribution is 2.46. The Balaban J connectivity index is 2.28. The number of fused-ring (bicyclic) bond motifs is 2. The Morgan fingerprint density at radius 1 is 1.18 bits per heavy atom. The molecule has 1 aliphatic heterocycles. The van der Waals surface area contributed by atoms with Crippen LogP contribution in [-0.2, 0) is 5.21 Å². The Labute approximate surface area is 99.2 Å². The van der Waals surface area contributed by atoms with Crippen molar-refractivity contribution in [2.24, 2.45) is 0 Å². The van der Waals surface area contributed by atoms with Crippen LogP contribution < -0.4 is 9.47 Å². The molecule has 82 valence electrons. The van der Waals surface area contributed by atoms with E-state index in [1.807, 2.05) is 0 Å². The lowest BCUT2D eigenvalue weighted by atomic mass is 9.49. The van der Waals surface area contributed by atoms with Crippen LogP contribution in [0.3, 0.4) is 0 Å². The number of ether oxygens (including phenoxy) is 2. The monoisotopic (exact) mass is 228 g/mol. The van der Waals surface area contributed by atoms with E-state index in [-0.39, 0.29) is 17.9 Å². The predicted molar refractivity (Wildman–Crippen MR) is 57.3 cm³/mol. The zero-order valence-corrected chi connectivity index (χ0v) is 8.64. The number of rotatable bonds is 0. The van der Waals surface area contributed by atoms with E-state index >= 15 is 0 Å². The number of hydrogen-bond acceptors (Lipinski definition) is 5. The van der Waals surface area contributed by atoms with Crippen molar-refractivity contribution in [2.75, 3.05) is 6.79 Å². The van der Waals surface area contributed by atoms with Crippen LogP contribution in [0.1, 0.15) is 15.9 Å². The minimum Gasteiger partial charge on any atom is -0.454 e. The lowest BCUT2D eigenvalue weighted by Gasteiger charge is -2.31. The first kappa shape index (κ1) is 10.7. The topological polar surface area (TPSA) is 76.0 Å². The second-order valence-corrected chi connectivity index (χ2v) is 4.12. The summed E-state index contributed by atoms with van der Waals surface area (Å²) in [6, 6.07) is 2.74. The molecule has 2 aliphatic rings. The van der Waals surface area contributed by atoms with E-state index in [9.17, 15) is 15.0 Å². The molecule has 3 rings (SSSR count). The van der Waals surface area contributed by atoms with Gasteiger partial charge in [-0.15, -0.1) is 0 Å². The van der Waals surface area contributed by atoms with Gasteiger partial charge in [0.2, 0.25) is 18.4 Å². The van der Waals surface area contributed by atoms with E-state index in [4.69, 9.17) is 25.2 Å². The van der Waals surface area contributed by atoms with E-state index in [1.54, 1.807) is 0 Å². The van der Waals surface area contributed by atoms with E-state index in [0.29, 0.717) is 11.5 Å². The highest BCUT2D eigenvalue weighted by molar-refractivity contribution is 6.45. The molecule has 7 heteroatoms. The summed E-state index contributed by atoms with van der Waals surface area (Å²) in [6.45, 7) is 0.0396. The standard InChI is InChI=1S/C10H6B2O5/c11-9(12)5-2-7-6(16-3-17-7)1-4(5)8(13)10(9,14)15/h1-2,14-15H,3H2. The van der Waals surface area contributed by atoms with E-state index in [1.165, 1.54) is 12.1 Å². The number of hydrogen-bond donors (Lipinski definition) is 2. The smallest absolute Gasteiger partial charge is 0.231 e. The van der Waals surface area contributed by atoms with E-state index < -0.39 is 16.8 Å². The van der Waals surface area contributed by atoms with Crippen molar-refractivity contribution in [1.29, 1.82) is 0 Å². The number of carbonyl (C=O) groups excluding carboxylic acids is 1. The van der Waals surface area contributed by atoms with Crippen molar-refractivity contribution in [3.63, 3.8) is 0 Å². The second-order valence-electron chi connectivity index (χ2n) is 4.12. The van der Waals surface area contributed by atoms with Crippen LogP contribution in [0.25, 0.3) is 0 Å². The van der Waals surface area contributed by atoms with Crippen molar-refractivity contribution in [3.05, 3.63) is 23.3 Å². The van der Waals surface area contributed by atoms with Gasteiger partial charge in [0.05, 0.1) is 15.7 Å². The van der Waals surface area contributed by atoms with Gasteiger partial charge in [0.1, 0.15) is 0 Å². The summed E-state index contributed by atoms with van der Waals surface area (Å²) in [5, 5.41) is 17.2. The number of ketones is 1. The number of Topliss-reactive ketones (excluding diaryl/α,β-unsaturated/α-hetero) is 1. The van der Waals surface area contributed by atoms with Crippen molar-refractivity contribution in [2.45, 2.75) is 11.0 Å². The second kappa shape index (κ2) is 2.86. The fraction of sp³-hybridized carbons (Fsp3) is 0.300. The molecule has 1 heterocycles. The summed E-state index contributed by atoms with van der Waals surface area (Å²) in [5.41, 5.74) is 0.154. The van der Waals surface area contributed by atoms with E-state index in [0.717, 1.165) is 0 Å². The fourth-order valence-electron chi connectivity index (χ4n) is 2.04. The molecule has 1 aliphatic carbocycles. The van der Waals surface area contributed by atoms with E-state index in [2.05, 4.69) is 0 Å². The Morgan fingerprint density at radius 2 is 1.76 bits per heavy atom. The highest BCUT2D eigenvalue weighted by atomic mass is 16.7. The molecule has 0 fully saturated rings. The summed E-state index contributed by atoms with van der Waals surface area (Å²) >= 11 is 0. The maximum Gasteiger partial charge on any atom is 0.231 e. The van der Waals surface area contributed by atoms with Gasteiger partial charge in [0.25, 0.3) is 0 Å². The van der Waals surface area contributed by atoms with Crippen molar-refractivity contribution in [1.82, 2.24) is 0 Å². The molecule has 0 aromatic heterocycles. The van der Waals surface area contributed by atoms with Crippen molar-refractivity contribution >= 4 is 21.5 Å². The van der Waals surface area contributed by atoms with Crippen LogP contribution in [0.4, 0.5) is 0 Å². The Hall–Kier alpha value is -1.46. The molecule has 4 radical (unpaired) electrons. The molecule has 17 heavy (non-hydrogen) atoms. The lowest BCUT2D eigenvalue weighted by molar-refractivity contribution is -0.128. The maximum atomic E-state index is 11.8. The minimum absolute atomic E-state index is 0.0317. The molecule has 5 nitrogen and oxygen atoms in total. The molecule has 0 spiro atoms. The quantitative estimate of drug-likeness (QED) is 0.430. The van der Waals surface area contributed by atoms with Crippen LogP contribution in [0, 0.1) is 0 Å². The highest BCUT2D eigenvalue weighted by Gasteiger charge is 2.56. The minimum atomic E-state index is -2.83. The zero-order chi connectivity index (χ0) is 12.4. The first-order valence-corrected chi connectivity index (χ1v) is 4.87. The normalized spacial score (nSPS) is 22.6. The Kier molecular flexibility index (Phi) is 1.80. The first-order valence-electron chi connectivity index (χ1n) is 4.87. The average Bonchev–Trinajstić information content (AvgIpc) is 2.76. The maximum absolute atomic E-state index is 11.8. The largest absolute Gasteiger partial charge is 0.454 e. The Morgan fingerprint density at radius 3 is 2.41 bits per heavy atom. The molecule has 1 aromatic carbocycles. The predicted octanol–water partition coefficient (Wildman–Crippen LogP) is -1.22. The van der Waals surface area contributed by atoms with Crippen LogP contribution in [0.5, 0.6) is 11.5 Å². The molecule has 2 N–H and O–H groups in total. The molecule has 1 aromatic rings. The Bertz CT molecular complexity index is 538. The molecule has 0 bridgehead atoms. The number of carbonyl (C=O) groups is 1. The number of benzene rings is 1. The average molecular weight is 228 g/mol. The van der Waals surface area contributed by atoms with Gasteiger partial charge in [-0.1, -0.05) is 0 Å². The molecule has 0 amide bonds. The van der Waals surface area contributed by atoms with Crippen LogP contribution >= 0.6 is 0 Å². The summed E-state index contributed by atoms with van der Waals surface area (Å²) in [4.78, 5) is 11.8. The van der Waals surface area contributed by atoms with Crippen LogP contribution in [-0.4, -0.2) is 44.3 Å². The molecule has 0 atom stereocenters. The van der Waals surface area contributed by atoms with Crippen LogP contribution in [0.15, 0.2) is 12.1 Å². The van der Waals surface area contributed by atoms with Gasteiger partial charge >= 0.3 is 0 Å². The van der Waals surface area contributed by atoms with Gasteiger partial charge < -0.3 is 19.7 Å². The molecule has 0 unspecified atom stereocenters. The van der Waals surface area contributed by atoms with Crippen molar-refractivity contribution < 1.29 is 24.5 Å². The third kappa shape index (κ3) is 1.10. The molecular formula is C10H6B2O5. The van der Waals surface area contributed by atoms with Gasteiger partial charge in [-0.2, -0.15) is 0 Å². The van der Waals surface area contributed by atoms with Gasteiger partial charge in [-0.3, -0.25) is 4.79 Å². The summed E-state index contributed by atoms with van der Waals surface area (Å²) in [6.07, 6.45) is 0. The summed E-state index contributed by atoms with van der Waals surface area (Å²) in [5.74, 6) is -3.05. The van der Waals surface area contributed by atoms with Gasteiger partial charge in [0.15, 0.2) is 11.5 Å². The molecule has 0 saturated carbocycles. The SMILES string of the molecule is [B]C1([B])c2cc3c(cc2C(=O)C1(O)O)OCO3.